The summed E-state index contributed by atoms with van der Waals surface area (Å²) in [5, 5.41) is 0. The molecule has 0 N–H and O–H groups in total. The molecule has 8 heteroatoms. The van der Waals surface area contributed by atoms with E-state index in [1.54, 1.807) is 13.0 Å². The lowest BCUT2D eigenvalue weighted by atomic mass is 9.85. The molecule has 0 spiro atoms. The van der Waals surface area contributed by atoms with Crippen molar-refractivity contribution in [1.82, 2.24) is 4.57 Å². The average Bonchev–Trinajstić information content (AvgIpc) is 3.43. The zero-order valence-electron chi connectivity index (χ0n) is 21.7. The van der Waals surface area contributed by atoms with Gasteiger partial charge in [-0.2, -0.15) is 0 Å². The summed E-state index contributed by atoms with van der Waals surface area (Å²) < 4.78 is 17.3. The first kappa shape index (κ1) is 28.4. The maximum absolute atomic E-state index is 13.3. The van der Waals surface area contributed by atoms with Crippen molar-refractivity contribution in [2.45, 2.75) is 46.3 Å². The zero-order valence-corrected chi connectivity index (χ0v) is 21.7. The number of esters is 3. The Morgan fingerprint density at radius 3 is 1.79 bits per heavy atom. The highest BCUT2D eigenvalue weighted by Crippen LogP contribution is 2.27. The molecular formula is C30H33NO7. The summed E-state index contributed by atoms with van der Waals surface area (Å²) in [6.07, 6.45) is 2.31. The average molecular weight is 520 g/mol. The lowest BCUT2D eigenvalue weighted by Gasteiger charge is -2.24. The monoisotopic (exact) mass is 519 g/mol. The first-order valence-corrected chi connectivity index (χ1v) is 12.7. The number of rotatable bonds is 13. The van der Waals surface area contributed by atoms with Crippen molar-refractivity contribution in [3.8, 4) is 0 Å². The van der Waals surface area contributed by atoms with E-state index >= 15 is 0 Å². The van der Waals surface area contributed by atoms with Crippen molar-refractivity contribution < 1.29 is 33.4 Å². The van der Waals surface area contributed by atoms with Gasteiger partial charge in [0.1, 0.15) is 18.9 Å². The SMILES string of the molecule is CCC[C@H](CC(=O)n1cccc1C(=O)OCC)C(C(=O)OCc1ccccc1)C(=O)OCc1ccccc1. The van der Waals surface area contributed by atoms with E-state index in [0.717, 1.165) is 11.1 Å². The van der Waals surface area contributed by atoms with Crippen molar-refractivity contribution in [1.29, 1.82) is 0 Å². The quantitative estimate of drug-likeness (QED) is 0.173. The normalized spacial score (nSPS) is 11.6. The van der Waals surface area contributed by atoms with Crippen molar-refractivity contribution in [2.75, 3.05) is 6.61 Å². The van der Waals surface area contributed by atoms with Crippen molar-refractivity contribution in [2.24, 2.45) is 11.8 Å². The molecule has 0 bridgehead atoms. The van der Waals surface area contributed by atoms with Crippen LogP contribution in [0.25, 0.3) is 0 Å². The van der Waals surface area contributed by atoms with E-state index in [-0.39, 0.29) is 31.9 Å². The van der Waals surface area contributed by atoms with Crippen LogP contribution in [0.1, 0.15) is 59.5 Å². The van der Waals surface area contributed by atoms with Gasteiger partial charge in [-0.25, -0.2) is 4.79 Å². The standard InChI is InChI=1S/C30H33NO7/c1-3-12-24(19-26(32)31-18-11-17-25(31)28(33)36-4-2)27(29(34)37-20-22-13-7-5-8-14-22)30(35)38-21-23-15-9-6-10-16-23/h5-11,13-18,24,27H,3-4,12,19-21H2,1-2H3/t24-/m1/s1. The van der Waals surface area contributed by atoms with Crippen molar-refractivity contribution >= 4 is 23.8 Å². The fourth-order valence-electron chi connectivity index (χ4n) is 4.17. The van der Waals surface area contributed by atoms with Crippen LogP contribution < -0.4 is 0 Å². The topological polar surface area (TPSA) is 101 Å². The summed E-state index contributed by atoms with van der Waals surface area (Å²) in [7, 11) is 0. The van der Waals surface area contributed by atoms with Crippen LogP contribution in [0.3, 0.4) is 0 Å². The smallest absolute Gasteiger partial charge is 0.355 e. The molecule has 3 rings (SSSR count). The molecule has 0 aliphatic heterocycles. The minimum atomic E-state index is -1.31. The Balaban J connectivity index is 1.82. The van der Waals surface area contributed by atoms with Gasteiger partial charge < -0.3 is 14.2 Å². The van der Waals surface area contributed by atoms with E-state index in [1.807, 2.05) is 67.6 Å². The third-order valence-electron chi connectivity index (χ3n) is 6.03. The number of carbonyl (C=O) groups is 4. The third kappa shape index (κ3) is 7.90. The summed E-state index contributed by atoms with van der Waals surface area (Å²) in [6.45, 7) is 3.72. The van der Waals surface area contributed by atoms with Crippen LogP contribution in [0.2, 0.25) is 0 Å². The summed E-state index contributed by atoms with van der Waals surface area (Å²) in [6, 6.07) is 21.3. The van der Waals surface area contributed by atoms with Crippen LogP contribution in [-0.4, -0.2) is 35.0 Å². The molecular weight excluding hydrogens is 486 g/mol. The number of hydrogen-bond donors (Lipinski definition) is 0. The molecule has 0 aliphatic carbocycles. The second-order valence-electron chi connectivity index (χ2n) is 8.79. The van der Waals surface area contributed by atoms with Crippen LogP contribution in [0.4, 0.5) is 0 Å². The molecule has 1 atom stereocenters. The van der Waals surface area contributed by atoms with Crippen molar-refractivity contribution in [3.05, 3.63) is 95.8 Å². The molecule has 2 aromatic carbocycles. The fourth-order valence-corrected chi connectivity index (χ4v) is 4.17. The Bertz CT molecular complexity index is 1150. The predicted octanol–water partition coefficient (Wildman–Crippen LogP) is 5.21. The highest BCUT2D eigenvalue weighted by Gasteiger charge is 2.39. The molecule has 0 aliphatic rings. The van der Waals surface area contributed by atoms with Crippen LogP contribution in [-0.2, 0) is 37.0 Å². The third-order valence-corrected chi connectivity index (χ3v) is 6.03. The molecule has 0 unspecified atom stereocenters. The summed E-state index contributed by atoms with van der Waals surface area (Å²) >= 11 is 0. The molecule has 200 valence electrons. The van der Waals surface area contributed by atoms with Gasteiger partial charge in [0.15, 0.2) is 5.92 Å². The van der Waals surface area contributed by atoms with E-state index in [4.69, 9.17) is 14.2 Å². The van der Waals surface area contributed by atoms with E-state index in [0.29, 0.717) is 12.8 Å². The van der Waals surface area contributed by atoms with Gasteiger partial charge in [0, 0.05) is 12.6 Å². The molecule has 0 saturated carbocycles. The number of aromatic nitrogens is 1. The Kier molecular flexibility index (Phi) is 10.8. The van der Waals surface area contributed by atoms with Crippen LogP contribution in [0.5, 0.6) is 0 Å². The molecule has 0 radical (unpaired) electrons. The van der Waals surface area contributed by atoms with E-state index in [2.05, 4.69) is 0 Å². The fraction of sp³-hybridized carbons (Fsp3) is 0.333. The Labute approximate surface area is 222 Å². The Morgan fingerprint density at radius 2 is 1.29 bits per heavy atom. The minimum absolute atomic E-state index is 0.0143. The van der Waals surface area contributed by atoms with E-state index in [9.17, 15) is 19.2 Å². The molecule has 0 amide bonds. The molecule has 3 aromatic rings. The largest absolute Gasteiger partial charge is 0.461 e. The second kappa shape index (κ2) is 14.5. The molecule has 38 heavy (non-hydrogen) atoms. The molecule has 1 aromatic heterocycles. The first-order chi connectivity index (χ1) is 18.4. The van der Waals surface area contributed by atoms with Gasteiger partial charge in [-0.3, -0.25) is 19.0 Å². The molecule has 0 saturated heterocycles. The highest BCUT2D eigenvalue weighted by molar-refractivity contribution is 5.97. The summed E-state index contributed by atoms with van der Waals surface area (Å²) in [4.78, 5) is 52.2. The van der Waals surface area contributed by atoms with Gasteiger partial charge in [0.25, 0.3) is 0 Å². The minimum Gasteiger partial charge on any atom is -0.461 e. The second-order valence-corrected chi connectivity index (χ2v) is 8.79. The van der Waals surface area contributed by atoms with Gasteiger partial charge >= 0.3 is 17.9 Å². The number of hydrogen-bond acceptors (Lipinski definition) is 7. The van der Waals surface area contributed by atoms with Gasteiger partial charge in [-0.15, -0.1) is 0 Å². The van der Waals surface area contributed by atoms with Gasteiger partial charge in [0.05, 0.1) is 6.61 Å². The van der Waals surface area contributed by atoms with Gasteiger partial charge in [-0.05, 0) is 42.5 Å². The van der Waals surface area contributed by atoms with Crippen LogP contribution >= 0.6 is 0 Å². The number of ether oxygens (including phenoxy) is 3. The molecule has 1 heterocycles. The van der Waals surface area contributed by atoms with E-state index < -0.39 is 35.7 Å². The van der Waals surface area contributed by atoms with Crippen molar-refractivity contribution in [3.63, 3.8) is 0 Å². The number of carbonyl (C=O) groups excluding carboxylic acids is 4. The van der Waals surface area contributed by atoms with Crippen LogP contribution in [0.15, 0.2) is 79.0 Å². The zero-order chi connectivity index (χ0) is 27.3. The van der Waals surface area contributed by atoms with Gasteiger partial charge in [-0.1, -0.05) is 74.0 Å². The van der Waals surface area contributed by atoms with E-state index in [1.165, 1.54) is 16.8 Å². The maximum atomic E-state index is 13.3. The molecule has 8 nitrogen and oxygen atoms in total. The number of nitrogens with zero attached hydrogens (tertiary/aromatic N) is 1. The summed E-state index contributed by atoms with van der Waals surface area (Å²) in [5.74, 6) is -4.58. The van der Waals surface area contributed by atoms with Gasteiger partial charge in [0.2, 0.25) is 5.91 Å². The maximum Gasteiger partial charge on any atom is 0.355 e. The highest BCUT2D eigenvalue weighted by atomic mass is 16.6. The first-order valence-electron chi connectivity index (χ1n) is 12.7. The lowest BCUT2D eigenvalue weighted by Crippen LogP contribution is -2.36. The molecule has 0 fully saturated rings. The Hall–Kier alpha value is -4.20. The number of benzene rings is 2. The van der Waals surface area contributed by atoms with Crippen LogP contribution in [0, 0.1) is 11.8 Å². The summed E-state index contributed by atoms with van der Waals surface area (Å²) in [5.41, 5.74) is 1.63. The lowest BCUT2D eigenvalue weighted by molar-refractivity contribution is -0.166. The Morgan fingerprint density at radius 1 is 0.737 bits per heavy atom. The predicted molar refractivity (Wildman–Crippen MR) is 140 cm³/mol.